The molecule has 76 heavy (non-hydrogen) atoms. The predicted octanol–water partition coefficient (Wildman–Crippen LogP) is 16.7. The zero-order valence-electron chi connectivity index (χ0n) is 50.4. The maximum absolute atomic E-state index is 13.2. The van der Waals surface area contributed by atoms with Crippen molar-refractivity contribution in [3.8, 4) is 0 Å². The van der Waals surface area contributed by atoms with Gasteiger partial charge in [0.05, 0.1) is 25.4 Å². The smallest absolute Gasteiger partial charge is 0.249 e. The largest absolute Gasteiger partial charge is 0.394 e. The van der Waals surface area contributed by atoms with E-state index in [9.17, 15) is 35.4 Å². The van der Waals surface area contributed by atoms with Gasteiger partial charge in [-0.1, -0.05) is 341 Å². The van der Waals surface area contributed by atoms with Crippen LogP contribution >= 0.6 is 0 Å². The van der Waals surface area contributed by atoms with Crippen LogP contribution in [0.2, 0.25) is 0 Å². The SMILES string of the molecule is CCCCCCCCCCCCCCCCCCCCCCCCCCCCCCCCCCCCCCCCC(O)C(=O)NC(COC1OC(CO)C(O)C(O)C1O)C(O)CCCCCCCCCCCCCCC. The summed E-state index contributed by atoms with van der Waals surface area (Å²) in [5, 5.41) is 65.3. The van der Waals surface area contributed by atoms with E-state index in [0.717, 1.165) is 44.9 Å². The van der Waals surface area contributed by atoms with E-state index in [4.69, 9.17) is 9.47 Å². The van der Waals surface area contributed by atoms with E-state index in [1.165, 1.54) is 283 Å². The van der Waals surface area contributed by atoms with Crippen molar-refractivity contribution in [2.24, 2.45) is 0 Å². The average Bonchev–Trinajstić information content (AvgIpc) is 3.42. The number of amides is 1. The molecule has 8 unspecified atom stereocenters. The molecule has 10 nitrogen and oxygen atoms in total. The standard InChI is InChI=1S/C66H131NO9/c1-3-5-7-9-11-13-15-17-18-19-20-21-22-23-24-25-26-27-28-29-30-31-32-33-34-35-36-37-38-39-40-41-43-45-47-49-51-53-55-60(70)65(74)67-58(57-75-66-64(73)63(72)62(71)61(56-68)76-66)59(69)54-52-50-48-46-44-42-16-14-12-10-8-6-4-2/h58-64,66,68-73H,3-57H2,1-2H3,(H,67,74). The molecule has 8 atom stereocenters. The Hall–Kier alpha value is -0.850. The Kier molecular flexibility index (Phi) is 53.9. The lowest BCUT2D eigenvalue weighted by atomic mass is 9.99. The molecule has 0 spiro atoms. The number of hydrogen-bond acceptors (Lipinski definition) is 9. The van der Waals surface area contributed by atoms with Gasteiger partial charge in [-0.15, -0.1) is 0 Å². The van der Waals surface area contributed by atoms with Gasteiger partial charge in [0.15, 0.2) is 6.29 Å². The molecular formula is C66H131NO9. The summed E-state index contributed by atoms with van der Waals surface area (Å²) in [7, 11) is 0. The molecule has 1 aliphatic rings. The normalized spacial score (nSPS) is 19.1. The van der Waals surface area contributed by atoms with Crippen molar-refractivity contribution in [1.29, 1.82) is 0 Å². The predicted molar refractivity (Wildman–Crippen MR) is 320 cm³/mol. The van der Waals surface area contributed by atoms with Gasteiger partial charge in [0.1, 0.15) is 30.5 Å². The molecule has 1 saturated heterocycles. The highest BCUT2D eigenvalue weighted by Gasteiger charge is 2.44. The van der Waals surface area contributed by atoms with Gasteiger partial charge >= 0.3 is 0 Å². The Labute approximate surface area is 470 Å². The molecule has 1 fully saturated rings. The minimum Gasteiger partial charge on any atom is -0.394 e. The first-order valence-electron chi connectivity index (χ1n) is 33.8. The van der Waals surface area contributed by atoms with Crippen LogP contribution in [0.1, 0.15) is 354 Å². The average molecular weight is 1080 g/mol. The van der Waals surface area contributed by atoms with Crippen molar-refractivity contribution < 1.29 is 44.9 Å². The highest BCUT2D eigenvalue weighted by Crippen LogP contribution is 2.24. The van der Waals surface area contributed by atoms with Crippen LogP contribution in [-0.2, 0) is 14.3 Å². The highest BCUT2D eigenvalue weighted by atomic mass is 16.7. The Morgan fingerprint density at radius 2 is 0.658 bits per heavy atom. The van der Waals surface area contributed by atoms with E-state index in [0.29, 0.717) is 12.8 Å². The third kappa shape index (κ3) is 43.9. The molecule has 7 N–H and O–H groups in total. The molecule has 1 amide bonds. The van der Waals surface area contributed by atoms with Crippen molar-refractivity contribution in [1.82, 2.24) is 5.32 Å². The van der Waals surface area contributed by atoms with Crippen molar-refractivity contribution in [3.63, 3.8) is 0 Å². The lowest BCUT2D eigenvalue weighted by Crippen LogP contribution is -2.60. The molecule has 0 aliphatic carbocycles. The van der Waals surface area contributed by atoms with Crippen LogP contribution < -0.4 is 5.32 Å². The number of unbranched alkanes of at least 4 members (excludes halogenated alkanes) is 49. The molecule has 454 valence electrons. The number of ether oxygens (including phenoxy) is 2. The van der Waals surface area contributed by atoms with Crippen LogP contribution in [0.3, 0.4) is 0 Å². The van der Waals surface area contributed by atoms with E-state index in [1.807, 2.05) is 0 Å². The summed E-state index contributed by atoms with van der Waals surface area (Å²) in [5.74, 6) is -0.576. The monoisotopic (exact) mass is 1080 g/mol. The molecule has 0 aromatic heterocycles. The fourth-order valence-corrected chi connectivity index (χ4v) is 11.4. The highest BCUT2D eigenvalue weighted by molar-refractivity contribution is 5.80. The molecule has 1 heterocycles. The van der Waals surface area contributed by atoms with Gasteiger partial charge in [-0.2, -0.15) is 0 Å². The summed E-state index contributed by atoms with van der Waals surface area (Å²) in [5.41, 5.74) is 0. The molecule has 1 aliphatic heterocycles. The molecule has 0 aromatic carbocycles. The molecule has 10 heteroatoms. The van der Waals surface area contributed by atoms with Gasteiger partial charge < -0.3 is 45.4 Å². The van der Waals surface area contributed by atoms with E-state index in [-0.39, 0.29) is 6.61 Å². The number of aliphatic hydroxyl groups excluding tert-OH is 6. The molecule has 0 saturated carbocycles. The van der Waals surface area contributed by atoms with Crippen molar-refractivity contribution >= 4 is 5.91 Å². The van der Waals surface area contributed by atoms with Gasteiger partial charge in [0.2, 0.25) is 5.91 Å². The molecule has 0 bridgehead atoms. The van der Waals surface area contributed by atoms with Gasteiger partial charge in [-0.25, -0.2) is 0 Å². The summed E-state index contributed by atoms with van der Waals surface area (Å²) < 4.78 is 11.2. The number of rotatable bonds is 60. The van der Waals surface area contributed by atoms with E-state index >= 15 is 0 Å². The van der Waals surface area contributed by atoms with Gasteiger partial charge in [0, 0.05) is 0 Å². The summed E-state index contributed by atoms with van der Waals surface area (Å²) in [6.07, 6.45) is 59.4. The zero-order chi connectivity index (χ0) is 55.2. The Bertz CT molecular complexity index is 1180. The zero-order valence-corrected chi connectivity index (χ0v) is 50.4. The third-order valence-electron chi connectivity index (χ3n) is 16.8. The second-order valence-corrected chi connectivity index (χ2v) is 24.1. The first-order valence-corrected chi connectivity index (χ1v) is 33.8. The molecule has 0 aromatic rings. The van der Waals surface area contributed by atoms with Gasteiger partial charge in [0.25, 0.3) is 0 Å². The van der Waals surface area contributed by atoms with Gasteiger partial charge in [-0.05, 0) is 12.8 Å². The minimum absolute atomic E-state index is 0.249. The van der Waals surface area contributed by atoms with Crippen LogP contribution in [0, 0.1) is 0 Å². The first kappa shape index (κ1) is 73.2. The van der Waals surface area contributed by atoms with Crippen molar-refractivity contribution in [2.75, 3.05) is 13.2 Å². The van der Waals surface area contributed by atoms with Crippen molar-refractivity contribution in [3.05, 3.63) is 0 Å². The summed E-state index contributed by atoms with van der Waals surface area (Å²) >= 11 is 0. The van der Waals surface area contributed by atoms with Crippen LogP contribution in [0.4, 0.5) is 0 Å². The lowest BCUT2D eigenvalue weighted by molar-refractivity contribution is -0.302. The third-order valence-corrected chi connectivity index (χ3v) is 16.8. The number of nitrogens with one attached hydrogen (secondary N) is 1. The van der Waals surface area contributed by atoms with Crippen LogP contribution in [-0.4, -0.2) is 98.7 Å². The maximum Gasteiger partial charge on any atom is 0.249 e. The molecule has 1 rings (SSSR count). The number of hydrogen-bond donors (Lipinski definition) is 7. The van der Waals surface area contributed by atoms with Crippen molar-refractivity contribution in [2.45, 2.75) is 403 Å². The van der Waals surface area contributed by atoms with Crippen LogP contribution in [0.15, 0.2) is 0 Å². The fraction of sp³-hybridized carbons (Fsp3) is 0.985. The quantitative estimate of drug-likeness (QED) is 0.0293. The summed E-state index contributed by atoms with van der Waals surface area (Å²) in [4.78, 5) is 13.2. The molecular weight excluding hydrogens is 951 g/mol. The summed E-state index contributed by atoms with van der Waals surface area (Å²) in [6, 6.07) is -0.889. The minimum atomic E-state index is -1.59. The first-order chi connectivity index (χ1) is 37.3. The second kappa shape index (κ2) is 56.0. The molecule has 0 radical (unpaired) electrons. The lowest BCUT2D eigenvalue weighted by Gasteiger charge is -2.40. The Balaban J connectivity index is 2.03. The van der Waals surface area contributed by atoms with E-state index in [1.54, 1.807) is 0 Å². The summed E-state index contributed by atoms with van der Waals surface area (Å²) in [6.45, 7) is 3.72. The van der Waals surface area contributed by atoms with Crippen LogP contribution in [0.5, 0.6) is 0 Å². The fourth-order valence-electron chi connectivity index (χ4n) is 11.4. The number of carbonyl (C=O) groups is 1. The second-order valence-electron chi connectivity index (χ2n) is 24.1. The van der Waals surface area contributed by atoms with Gasteiger partial charge in [-0.3, -0.25) is 4.79 Å². The van der Waals surface area contributed by atoms with Crippen LogP contribution in [0.25, 0.3) is 0 Å². The van der Waals surface area contributed by atoms with E-state index in [2.05, 4.69) is 19.2 Å². The van der Waals surface area contributed by atoms with E-state index < -0.39 is 61.5 Å². The Morgan fingerprint density at radius 3 is 0.934 bits per heavy atom. The number of carbonyl (C=O) groups excluding carboxylic acids is 1. The maximum atomic E-state index is 13.2. The number of aliphatic hydroxyl groups is 6. The Morgan fingerprint density at radius 1 is 0.395 bits per heavy atom. The topological polar surface area (TPSA) is 169 Å².